The Bertz CT molecular complexity index is 1000. The number of pyridine rings is 1. The molecule has 2 aromatic heterocycles. The molecule has 0 radical (unpaired) electrons. The minimum absolute atomic E-state index is 0. The quantitative estimate of drug-likeness (QED) is 0.269. The second-order valence-electron chi connectivity index (χ2n) is 6.46. The Morgan fingerprint density at radius 1 is 1.10 bits per heavy atom. The highest BCUT2D eigenvalue weighted by atomic mass is 127. The van der Waals surface area contributed by atoms with Crippen LogP contribution < -0.4 is 16.0 Å². The van der Waals surface area contributed by atoms with Gasteiger partial charge in [-0.05, 0) is 32.0 Å². The van der Waals surface area contributed by atoms with Crippen LogP contribution in [0.3, 0.4) is 0 Å². The minimum atomic E-state index is -0.103. The summed E-state index contributed by atoms with van der Waals surface area (Å²) in [7, 11) is 1.69. The second kappa shape index (κ2) is 10.8. The summed E-state index contributed by atoms with van der Waals surface area (Å²) >= 11 is 0. The average molecular weight is 507 g/mol. The molecule has 2 heterocycles. The molecule has 3 N–H and O–H groups in total. The van der Waals surface area contributed by atoms with Gasteiger partial charge in [0.2, 0.25) is 5.91 Å². The number of furan rings is 1. The number of nitrogens with one attached hydrogen (secondary N) is 3. The lowest BCUT2D eigenvalue weighted by Crippen LogP contribution is -2.38. The minimum Gasteiger partial charge on any atom is -0.459 e. The van der Waals surface area contributed by atoms with E-state index in [1.165, 1.54) is 0 Å². The molecule has 0 saturated carbocycles. The SMILES string of the molecule is CN=C(NCCC(=O)Nc1cccc(C)n1)NCc1oc2ccccc2c1C.I. The van der Waals surface area contributed by atoms with Crippen molar-refractivity contribution in [3.8, 4) is 0 Å². The van der Waals surface area contributed by atoms with Crippen molar-refractivity contribution in [2.75, 3.05) is 18.9 Å². The predicted octanol–water partition coefficient (Wildman–Crippen LogP) is 3.76. The third-order valence-electron chi connectivity index (χ3n) is 4.38. The Kier molecular flexibility index (Phi) is 8.44. The van der Waals surface area contributed by atoms with Gasteiger partial charge in [0.1, 0.15) is 17.2 Å². The molecule has 0 bridgehead atoms. The average Bonchev–Trinajstić information content (AvgIpc) is 3.00. The highest BCUT2D eigenvalue weighted by Gasteiger charge is 2.10. The summed E-state index contributed by atoms with van der Waals surface area (Å²) in [6.07, 6.45) is 0.306. The fraction of sp³-hybridized carbons (Fsp3) is 0.286. The Morgan fingerprint density at radius 2 is 1.90 bits per heavy atom. The van der Waals surface area contributed by atoms with Gasteiger partial charge in [-0.2, -0.15) is 0 Å². The van der Waals surface area contributed by atoms with Gasteiger partial charge in [-0.15, -0.1) is 24.0 Å². The standard InChI is InChI=1S/C21H25N5O2.HI/c1-14-7-6-10-19(25-14)26-20(27)11-12-23-21(22-3)24-13-18-15(2)16-8-4-5-9-17(16)28-18;/h4-10H,11-13H2,1-3H3,(H2,22,23,24)(H,25,26,27);1H. The van der Waals surface area contributed by atoms with Crippen LogP contribution in [0, 0.1) is 13.8 Å². The summed E-state index contributed by atoms with van der Waals surface area (Å²) in [6, 6.07) is 13.5. The molecule has 0 saturated heterocycles. The van der Waals surface area contributed by atoms with Crippen LogP contribution in [0.25, 0.3) is 11.0 Å². The van der Waals surface area contributed by atoms with Crippen molar-refractivity contribution in [2.24, 2.45) is 4.99 Å². The summed E-state index contributed by atoms with van der Waals surface area (Å²) in [5.74, 6) is 1.94. The summed E-state index contributed by atoms with van der Waals surface area (Å²) in [6.45, 7) is 4.90. The van der Waals surface area contributed by atoms with Gasteiger partial charge in [-0.25, -0.2) is 4.98 Å². The van der Waals surface area contributed by atoms with Crippen LogP contribution in [0.2, 0.25) is 0 Å². The maximum Gasteiger partial charge on any atom is 0.227 e. The van der Waals surface area contributed by atoms with Crippen LogP contribution >= 0.6 is 24.0 Å². The zero-order chi connectivity index (χ0) is 19.9. The Hall–Kier alpha value is -2.62. The number of hydrogen-bond acceptors (Lipinski definition) is 4. The molecule has 0 atom stereocenters. The number of aryl methyl sites for hydroxylation is 2. The first-order valence-electron chi connectivity index (χ1n) is 9.22. The second-order valence-corrected chi connectivity index (χ2v) is 6.46. The summed E-state index contributed by atoms with van der Waals surface area (Å²) < 4.78 is 5.90. The van der Waals surface area contributed by atoms with Crippen molar-refractivity contribution < 1.29 is 9.21 Å². The van der Waals surface area contributed by atoms with E-state index in [0.717, 1.165) is 28.0 Å². The number of aliphatic imine (C=N–C) groups is 1. The number of carbonyl (C=O) groups is 1. The van der Waals surface area contributed by atoms with Crippen LogP contribution in [-0.4, -0.2) is 30.4 Å². The highest BCUT2D eigenvalue weighted by molar-refractivity contribution is 14.0. The molecule has 0 aliphatic heterocycles. The molecular formula is C21H26IN5O2. The van der Waals surface area contributed by atoms with Crippen LogP contribution in [-0.2, 0) is 11.3 Å². The van der Waals surface area contributed by atoms with Crippen LogP contribution in [0.4, 0.5) is 5.82 Å². The Balaban J connectivity index is 0.00000300. The van der Waals surface area contributed by atoms with Gasteiger partial charge < -0.3 is 20.4 Å². The summed E-state index contributed by atoms with van der Waals surface area (Å²) in [4.78, 5) is 20.5. The van der Waals surface area contributed by atoms with E-state index in [-0.39, 0.29) is 29.9 Å². The van der Waals surface area contributed by atoms with Crippen molar-refractivity contribution >= 4 is 52.6 Å². The van der Waals surface area contributed by atoms with Crippen LogP contribution in [0.1, 0.15) is 23.4 Å². The number of anilines is 1. The first-order valence-corrected chi connectivity index (χ1v) is 9.22. The van der Waals surface area contributed by atoms with Gasteiger partial charge in [0.05, 0.1) is 6.54 Å². The van der Waals surface area contributed by atoms with Crippen molar-refractivity contribution in [1.82, 2.24) is 15.6 Å². The monoisotopic (exact) mass is 507 g/mol. The fourth-order valence-electron chi connectivity index (χ4n) is 2.89. The lowest BCUT2D eigenvalue weighted by molar-refractivity contribution is -0.116. The number of rotatable bonds is 6. The largest absolute Gasteiger partial charge is 0.459 e. The normalized spacial score (nSPS) is 11.1. The molecule has 0 aliphatic rings. The molecule has 0 aliphatic carbocycles. The maximum absolute atomic E-state index is 12.1. The number of amides is 1. The van der Waals surface area contributed by atoms with E-state index in [0.29, 0.717) is 31.3 Å². The molecule has 8 heteroatoms. The fourth-order valence-corrected chi connectivity index (χ4v) is 2.89. The molecule has 3 rings (SSSR count). The number of nitrogens with zero attached hydrogens (tertiary/aromatic N) is 2. The van der Waals surface area contributed by atoms with Gasteiger partial charge in [-0.1, -0.05) is 24.3 Å². The predicted molar refractivity (Wildman–Crippen MR) is 127 cm³/mol. The zero-order valence-corrected chi connectivity index (χ0v) is 19.1. The lowest BCUT2D eigenvalue weighted by atomic mass is 10.1. The first-order chi connectivity index (χ1) is 13.6. The molecule has 1 aromatic carbocycles. The van der Waals surface area contributed by atoms with E-state index in [9.17, 15) is 4.79 Å². The van der Waals surface area contributed by atoms with Gasteiger partial charge in [0.25, 0.3) is 0 Å². The Labute approximate surface area is 187 Å². The number of fused-ring (bicyclic) bond motifs is 1. The van der Waals surface area contributed by atoms with Crippen LogP contribution in [0.5, 0.6) is 0 Å². The van der Waals surface area contributed by atoms with Gasteiger partial charge in [-0.3, -0.25) is 9.79 Å². The molecule has 154 valence electrons. The summed E-state index contributed by atoms with van der Waals surface area (Å²) in [5, 5.41) is 10.3. The number of benzene rings is 1. The topological polar surface area (TPSA) is 91.5 Å². The van der Waals surface area contributed by atoms with Crippen molar-refractivity contribution in [3.63, 3.8) is 0 Å². The molecule has 7 nitrogen and oxygen atoms in total. The first kappa shape index (κ1) is 22.7. The number of halogens is 1. The molecular weight excluding hydrogens is 481 g/mol. The van der Waals surface area contributed by atoms with Crippen molar-refractivity contribution in [1.29, 1.82) is 0 Å². The molecule has 0 fully saturated rings. The highest BCUT2D eigenvalue weighted by Crippen LogP contribution is 2.24. The molecule has 1 amide bonds. The molecule has 0 spiro atoms. The van der Waals surface area contributed by atoms with Gasteiger partial charge in [0.15, 0.2) is 5.96 Å². The molecule has 0 unspecified atom stereocenters. The third kappa shape index (κ3) is 6.18. The van der Waals surface area contributed by atoms with E-state index >= 15 is 0 Å². The van der Waals surface area contributed by atoms with Crippen LogP contribution in [0.15, 0.2) is 51.9 Å². The number of hydrogen-bond donors (Lipinski definition) is 3. The maximum atomic E-state index is 12.1. The third-order valence-corrected chi connectivity index (χ3v) is 4.38. The van der Waals surface area contributed by atoms with E-state index in [2.05, 4.69) is 25.9 Å². The van der Waals surface area contributed by atoms with E-state index in [1.54, 1.807) is 13.1 Å². The van der Waals surface area contributed by atoms with Crippen molar-refractivity contribution in [3.05, 3.63) is 59.5 Å². The smallest absolute Gasteiger partial charge is 0.227 e. The van der Waals surface area contributed by atoms with E-state index in [4.69, 9.17) is 4.42 Å². The number of carbonyl (C=O) groups excluding carboxylic acids is 1. The molecule has 3 aromatic rings. The van der Waals surface area contributed by atoms with Crippen molar-refractivity contribution in [2.45, 2.75) is 26.8 Å². The lowest BCUT2D eigenvalue weighted by Gasteiger charge is -2.11. The number of para-hydroxylation sites is 1. The van der Waals surface area contributed by atoms with E-state index < -0.39 is 0 Å². The zero-order valence-electron chi connectivity index (χ0n) is 16.8. The van der Waals surface area contributed by atoms with Gasteiger partial charge in [0, 0.05) is 36.7 Å². The number of guanidine groups is 1. The van der Waals surface area contributed by atoms with E-state index in [1.807, 2.05) is 50.2 Å². The Morgan fingerprint density at radius 3 is 2.62 bits per heavy atom. The summed E-state index contributed by atoms with van der Waals surface area (Å²) in [5.41, 5.74) is 2.85. The van der Waals surface area contributed by atoms with Gasteiger partial charge >= 0.3 is 0 Å². The molecule has 29 heavy (non-hydrogen) atoms. The number of aromatic nitrogens is 1.